The van der Waals surface area contributed by atoms with Crippen molar-refractivity contribution < 1.29 is 13.6 Å². The summed E-state index contributed by atoms with van der Waals surface area (Å²) in [7, 11) is 3.70. The Kier molecular flexibility index (Phi) is 4.90. The van der Waals surface area contributed by atoms with Crippen molar-refractivity contribution in [3.05, 3.63) is 70.0 Å². The summed E-state index contributed by atoms with van der Waals surface area (Å²) in [6, 6.07) is 5.27. The van der Waals surface area contributed by atoms with Crippen LogP contribution < -0.4 is 5.32 Å². The molecule has 144 valence electrons. The first-order chi connectivity index (χ1) is 13.4. The van der Waals surface area contributed by atoms with Crippen molar-refractivity contribution in [3.63, 3.8) is 0 Å². The zero-order chi connectivity index (χ0) is 19.8. The minimum Gasteiger partial charge on any atom is -0.361 e. The molecule has 2 aromatic heterocycles. The topological polar surface area (TPSA) is 63.1 Å². The second-order valence-corrected chi connectivity index (χ2v) is 8.11. The molecule has 10 heteroatoms. The molecule has 0 spiro atoms. The van der Waals surface area contributed by atoms with E-state index in [2.05, 4.69) is 15.4 Å². The van der Waals surface area contributed by atoms with E-state index in [4.69, 9.17) is 0 Å². The number of rotatable bonds is 4. The van der Waals surface area contributed by atoms with Crippen LogP contribution >= 0.6 is 23.1 Å². The van der Waals surface area contributed by atoms with Crippen LogP contribution in [0, 0.1) is 11.6 Å². The van der Waals surface area contributed by atoms with Crippen molar-refractivity contribution >= 4 is 29.0 Å². The number of nitrogens with zero attached hydrogens (tertiary/aromatic N) is 4. The van der Waals surface area contributed by atoms with Crippen molar-refractivity contribution in [2.45, 2.75) is 5.37 Å². The summed E-state index contributed by atoms with van der Waals surface area (Å²) < 4.78 is 29.4. The van der Waals surface area contributed by atoms with Crippen LogP contribution in [-0.2, 0) is 7.05 Å². The molecule has 3 heterocycles. The van der Waals surface area contributed by atoms with E-state index in [-0.39, 0.29) is 5.37 Å². The molecule has 0 radical (unpaired) electrons. The fourth-order valence-electron chi connectivity index (χ4n) is 2.87. The molecule has 3 aromatic rings. The molecule has 1 atom stereocenters. The van der Waals surface area contributed by atoms with Crippen LogP contribution in [0.4, 0.5) is 8.78 Å². The fourth-order valence-corrected chi connectivity index (χ4v) is 4.65. The molecule has 0 aliphatic carbocycles. The molecular weight excluding hydrogens is 404 g/mol. The highest BCUT2D eigenvalue weighted by molar-refractivity contribution is 8.03. The van der Waals surface area contributed by atoms with Gasteiger partial charge in [0.15, 0.2) is 0 Å². The van der Waals surface area contributed by atoms with Gasteiger partial charge in [-0.1, -0.05) is 17.8 Å². The largest absolute Gasteiger partial charge is 0.361 e. The third-order valence-electron chi connectivity index (χ3n) is 4.18. The van der Waals surface area contributed by atoms with E-state index < -0.39 is 23.1 Å². The lowest BCUT2D eigenvalue weighted by molar-refractivity contribution is 0.0960. The second kappa shape index (κ2) is 7.36. The number of halogens is 2. The highest BCUT2D eigenvalue weighted by Crippen LogP contribution is 2.42. The predicted octanol–water partition coefficient (Wildman–Crippen LogP) is 3.73. The zero-order valence-electron chi connectivity index (χ0n) is 14.9. The summed E-state index contributed by atoms with van der Waals surface area (Å²) in [5.41, 5.74) is 1.09. The van der Waals surface area contributed by atoms with E-state index in [0.29, 0.717) is 5.03 Å². The van der Waals surface area contributed by atoms with E-state index in [0.717, 1.165) is 28.5 Å². The van der Waals surface area contributed by atoms with Gasteiger partial charge in [-0.05, 0) is 18.2 Å². The second-order valence-electron chi connectivity index (χ2n) is 6.10. The number of aromatic nitrogens is 3. The Labute approximate surface area is 167 Å². The van der Waals surface area contributed by atoms with Crippen LogP contribution in [0.1, 0.15) is 21.4 Å². The van der Waals surface area contributed by atoms with Gasteiger partial charge in [0.1, 0.15) is 33.3 Å². The number of carbonyl (C=O) groups is 1. The maximum absolute atomic E-state index is 13.8. The average molecular weight is 419 g/mol. The monoisotopic (exact) mass is 419 g/mol. The van der Waals surface area contributed by atoms with E-state index in [1.807, 2.05) is 30.4 Å². The number of benzene rings is 1. The molecule has 0 saturated carbocycles. The van der Waals surface area contributed by atoms with Crippen molar-refractivity contribution in [1.29, 1.82) is 0 Å². The summed E-state index contributed by atoms with van der Waals surface area (Å²) in [5.74, 6) is -2.62. The van der Waals surface area contributed by atoms with Gasteiger partial charge in [-0.2, -0.15) is 5.10 Å². The molecule has 1 aliphatic heterocycles. The number of carbonyl (C=O) groups excluding carboxylic acids is 1. The number of thiazole rings is 1. The lowest BCUT2D eigenvalue weighted by atomic mass is 10.2. The molecule has 1 aromatic carbocycles. The molecule has 28 heavy (non-hydrogen) atoms. The minimum absolute atomic E-state index is 0.146. The van der Waals surface area contributed by atoms with Gasteiger partial charge in [-0.3, -0.25) is 9.48 Å². The Hall–Kier alpha value is -2.72. The number of nitrogens with one attached hydrogen (secondary N) is 1. The van der Waals surface area contributed by atoms with Gasteiger partial charge in [0.25, 0.3) is 5.91 Å². The third kappa shape index (κ3) is 3.40. The maximum atomic E-state index is 13.8. The first-order valence-corrected chi connectivity index (χ1v) is 9.99. The minimum atomic E-state index is -0.897. The van der Waals surface area contributed by atoms with Gasteiger partial charge in [0, 0.05) is 31.9 Å². The Morgan fingerprint density at radius 2 is 2.00 bits per heavy atom. The highest BCUT2D eigenvalue weighted by Gasteiger charge is 2.30. The van der Waals surface area contributed by atoms with Gasteiger partial charge >= 0.3 is 0 Å². The predicted molar refractivity (Wildman–Crippen MR) is 104 cm³/mol. The summed E-state index contributed by atoms with van der Waals surface area (Å²) >= 11 is 2.87. The number of thioether (sulfide) groups is 1. The van der Waals surface area contributed by atoms with Crippen LogP contribution in [-0.4, -0.2) is 32.6 Å². The molecule has 0 fully saturated rings. The molecule has 4 rings (SSSR count). The highest BCUT2D eigenvalue weighted by atomic mass is 32.2. The van der Waals surface area contributed by atoms with Gasteiger partial charge in [0.05, 0.1) is 10.7 Å². The smallest absolute Gasteiger partial charge is 0.262 e. The van der Waals surface area contributed by atoms with Crippen molar-refractivity contribution in [2.24, 2.45) is 7.05 Å². The average Bonchev–Trinajstić information content (AvgIpc) is 3.35. The zero-order valence-corrected chi connectivity index (χ0v) is 16.5. The quantitative estimate of drug-likeness (QED) is 0.698. The van der Waals surface area contributed by atoms with Gasteiger partial charge in [-0.25, -0.2) is 13.8 Å². The number of hydrogen-bond donors (Lipinski definition) is 1. The molecule has 1 amide bonds. The summed E-state index contributed by atoms with van der Waals surface area (Å²) in [6.07, 6.45) is 3.45. The summed E-state index contributed by atoms with van der Waals surface area (Å²) in [6.45, 7) is 0. The number of amides is 1. The molecule has 0 bridgehead atoms. The molecule has 1 unspecified atom stereocenters. The van der Waals surface area contributed by atoms with Gasteiger partial charge in [0.2, 0.25) is 0 Å². The fraction of sp³-hybridized carbons (Fsp3) is 0.167. The SMILES string of the molecule is CN1C=C(NC(=O)c2c(F)cccc2F)SC1c1cc(-c2nccs2)nn1C. The van der Waals surface area contributed by atoms with Crippen LogP contribution in [0.5, 0.6) is 0 Å². The van der Waals surface area contributed by atoms with Crippen LogP contribution in [0.2, 0.25) is 0 Å². The van der Waals surface area contributed by atoms with E-state index in [9.17, 15) is 13.6 Å². The molecule has 0 saturated heterocycles. The molecule has 1 N–H and O–H groups in total. The maximum Gasteiger partial charge on any atom is 0.262 e. The Balaban J connectivity index is 1.52. The van der Waals surface area contributed by atoms with E-state index in [1.165, 1.54) is 29.2 Å². The molecule has 6 nitrogen and oxygen atoms in total. The first kappa shape index (κ1) is 18.6. The van der Waals surface area contributed by atoms with Crippen molar-refractivity contribution in [2.75, 3.05) is 7.05 Å². The molecular formula is C18H15F2N5OS2. The van der Waals surface area contributed by atoms with Crippen molar-refractivity contribution in [3.8, 4) is 10.7 Å². The van der Waals surface area contributed by atoms with Crippen LogP contribution in [0.15, 0.2) is 47.1 Å². The van der Waals surface area contributed by atoms with Crippen molar-refractivity contribution in [1.82, 2.24) is 25.0 Å². The lowest BCUT2D eigenvalue weighted by Gasteiger charge is -2.19. The van der Waals surface area contributed by atoms with Gasteiger partial charge in [-0.15, -0.1) is 11.3 Å². The van der Waals surface area contributed by atoms with E-state index >= 15 is 0 Å². The van der Waals surface area contributed by atoms with Gasteiger partial charge < -0.3 is 10.2 Å². The first-order valence-electron chi connectivity index (χ1n) is 8.23. The Bertz CT molecular complexity index is 1040. The molecule has 1 aliphatic rings. The van der Waals surface area contributed by atoms with Crippen LogP contribution in [0.3, 0.4) is 0 Å². The summed E-state index contributed by atoms with van der Waals surface area (Å²) in [5, 5.41) is 10.1. The number of hydrogen-bond acceptors (Lipinski definition) is 6. The van der Waals surface area contributed by atoms with Crippen LogP contribution in [0.25, 0.3) is 10.7 Å². The third-order valence-corrected chi connectivity index (χ3v) is 6.23. The Morgan fingerprint density at radius 1 is 1.25 bits per heavy atom. The summed E-state index contributed by atoms with van der Waals surface area (Å²) in [4.78, 5) is 18.5. The normalized spacial score (nSPS) is 16.4. The number of aryl methyl sites for hydroxylation is 1. The Morgan fingerprint density at radius 3 is 2.68 bits per heavy atom. The van der Waals surface area contributed by atoms with E-state index in [1.54, 1.807) is 17.1 Å². The standard InChI is InChI=1S/C18H15F2N5OS2/c1-24-9-14(22-16(26)15-10(19)4-3-5-11(15)20)28-18(24)13-8-12(23-25(13)2)17-21-6-7-27-17/h3-9,18H,1-2H3,(H,22,26). The lowest BCUT2D eigenvalue weighted by Crippen LogP contribution is -2.23.